The monoisotopic (exact) mass is 411 g/mol. The van der Waals surface area contributed by atoms with Crippen molar-refractivity contribution < 1.29 is 23.9 Å². The van der Waals surface area contributed by atoms with Gasteiger partial charge in [-0.3, -0.25) is 14.4 Å². The summed E-state index contributed by atoms with van der Waals surface area (Å²) in [5.41, 5.74) is 1.35. The summed E-state index contributed by atoms with van der Waals surface area (Å²) >= 11 is 0. The number of hydrogen-bond donors (Lipinski definition) is 2. The van der Waals surface area contributed by atoms with Gasteiger partial charge in [0.15, 0.2) is 6.61 Å². The molecule has 1 aliphatic heterocycles. The van der Waals surface area contributed by atoms with E-state index in [1.807, 2.05) is 6.92 Å². The van der Waals surface area contributed by atoms with Crippen molar-refractivity contribution in [3.63, 3.8) is 0 Å². The van der Waals surface area contributed by atoms with Crippen molar-refractivity contribution in [2.45, 2.75) is 13.3 Å². The molecule has 3 amide bonds. The number of rotatable bonds is 8. The zero-order valence-electron chi connectivity index (χ0n) is 17.0. The molecule has 0 saturated carbocycles. The van der Waals surface area contributed by atoms with Gasteiger partial charge in [-0.1, -0.05) is 0 Å². The van der Waals surface area contributed by atoms with Crippen molar-refractivity contribution in [1.29, 1.82) is 0 Å². The van der Waals surface area contributed by atoms with Crippen LogP contribution in [0.1, 0.15) is 13.3 Å². The van der Waals surface area contributed by atoms with Gasteiger partial charge >= 0.3 is 0 Å². The third-order valence-electron chi connectivity index (χ3n) is 4.71. The zero-order valence-corrected chi connectivity index (χ0v) is 17.0. The summed E-state index contributed by atoms with van der Waals surface area (Å²) < 4.78 is 10.9. The van der Waals surface area contributed by atoms with E-state index in [4.69, 9.17) is 9.47 Å². The molecule has 0 bridgehead atoms. The maximum Gasteiger partial charge on any atom is 0.262 e. The number of carbonyl (C=O) groups excluding carboxylic acids is 3. The molecule has 1 heterocycles. The lowest BCUT2D eigenvalue weighted by molar-refractivity contribution is -0.125. The Kier molecular flexibility index (Phi) is 6.90. The van der Waals surface area contributed by atoms with Crippen molar-refractivity contribution in [2.75, 3.05) is 37.0 Å². The first-order valence-corrected chi connectivity index (χ1v) is 9.77. The predicted octanol–water partition coefficient (Wildman–Crippen LogP) is 2.20. The van der Waals surface area contributed by atoms with Crippen LogP contribution in [0.4, 0.5) is 11.4 Å². The minimum Gasteiger partial charge on any atom is -0.494 e. The molecule has 1 fully saturated rings. The quantitative estimate of drug-likeness (QED) is 0.694. The minimum atomic E-state index is -0.343. The third-order valence-corrected chi connectivity index (χ3v) is 4.71. The van der Waals surface area contributed by atoms with Crippen LogP contribution in [0.3, 0.4) is 0 Å². The highest BCUT2D eigenvalue weighted by atomic mass is 16.5. The standard InChI is InChI=1S/C22H25N3O5/c1-3-29-18-8-4-16(5-9-18)24-20(26)14-30-19-10-6-17(7-11-19)25-13-15(12-21(25)27)22(28)23-2/h4-11,15H,3,12-14H2,1-2H3,(H,23,28)(H,24,26)/t15-/m0/s1. The molecular weight excluding hydrogens is 386 g/mol. The highest BCUT2D eigenvalue weighted by molar-refractivity contribution is 6.00. The molecule has 3 rings (SSSR count). The third kappa shape index (κ3) is 5.28. The average molecular weight is 411 g/mol. The summed E-state index contributed by atoms with van der Waals surface area (Å²) in [6, 6.07) is 14.0. The molecule has 30 heavy (non-hydrogen) atoms. The first-order chi connectivity index (χ1) is 14.5. The maximum absolute atomic E-state index is 12.2. The van der Waals surface area contributed by atoms with Crippen molar-refractivity contribution in [1.82, 2.24) is 5.32 Å². The van der Waals surface area contributed by atoms with Crippen LogP contribution in [0.15, 0.2) is 48.5 Å². The fourth-order valence-electron chi connectivity index (χ4n) is 3.21. The molecule has 2 aromatic carbocycles. The summed E-state index contributed by atoms with van der Waals surface area (Å²) in [6.07, 6.45) is 0.198. The van der Waals surface area contributed by atoms with Crippen LogP contribution < -0.4 is 25.0 Å². The van der Waals surface area contributed by atoms with Crippen molar-refractivity contribution in [3.8, 4) is 11.5 Å². The molecule has 8 heteroatoms. The predicted molar refractivity (Wildman–Crippen MR) is 113 cm³/mol. The summed E-state index contributed by atoms with van der Waals surface area (Å²) in [6.45, 7) is 2.69. The Morgan fingerprint density at radius 1 is 1.03 bits per heavy atom. The van der Waals surface area contributed by atoms with Crippen LogP contribution in [0.25, 0.3) is 0 Å². The number of carbonyl (C=O) groups is 3. The second-order valence-corrected chi connectivity index (χ2v) is 6.81. The largest absolute Gasteiger partial charge is 0.494 e. The fourth-order valence-corrected chi connectivity index (χ4v) is 3.21. The van der Waals surface area contributed by atoms with Gasteiger partial charge in [0.25, 0.3) is 5.91 Å². The molecular formula is C22H25N3O5. The lowest BCUT2D eigenvalue weighted by Gasteiger charge is -2.17. The number of hydrogen-bond acceptors (Lipinski definition) is 5. The van der Waals surface area contributed by atoms with E-state index < -0.39 is 0 Å². The molecule has 0 radical (unpaired) electrons. The van der Waals surface area contributed by atoms with Crippen LogP contribution in [0.5, 0.6) is 11.5 Å². The highest BCUT2D eigenvalue weighted by Crippen LogP contribution is 2.27. The van der Waals surface area contributed by atoms with Crippen LogP contribution in [-0.4, -0.2) is 44.5 Å². The van der Waals surface area contributed by atoms with Gasteiger partial charge in [-0.05, 0) is 55.5 Å². The van der Waals surface area contributed by atoms with Crippen LogP contribution in [0.2, 0.25) is 0 Å². The second kappa shape index (κ2) is 9.78. The molecule has 1 saturated heterocycles. The van der Waals surface area contributed by atoms with Gasteiger partial charge in [0.2, 0.25) is 11.8 Å². The summed E-state index contributed by atoms with van der Waals surface area (Å²) in [5, 5.41) is 5.33. The lowest BCUT2D eigenvalue weighted by Crippen LogP contribution is -2.30. The number of ether oxygens (including phenoxy) is 2. The second-order valence-electron chi connectivity index (χ2n) is 6.81. The molecule has 158 valence electrons. The topological polar surface area (TPSA) is 97.0 Å². The molecule has 0 aromatic heterocycles. The Hall–Kier alpha value is -3.55. The summed E-state index contributed by atoms with van der Waals surface area (Å²) in [7, 11) is 1.56. The Morgan fingerprint density at radius 2 is 1.67 bits per heavy atom. The molecule has 0 unspecified atom stereocenters. The Balaban J connectivity index is 1.50. The van der Waals surface area contributed by atoms with Gasteiger partial charge in [0.05, 0.1) is 12.5 Å². The highest BCUT2D eigenvalue weighted by Gasteiger charge is 2.34. The van der Waals surface area contributed by atoms with Crippen molar-refractivity contribution in [3.05, 3.63) is 48.5 Å². The van der Waals surface area contributed by atoms with Crippen LogP contribution in [-0.2, 0) is 14.4 Å². The van der Waals surface area contributed by atoms with E-state index >= 15 is 0 Å². The van der Waals surface area contributed by atoms with Crippen molar-refractivity contribution >= 4 is 29.1 Å². The molecule has 0 spiro atoms. The van der Waals surface area contributed by atoms with Gasteiger partial charge in [0.1, 0.15) is 11.5 Å². The Morgan fingerprint density at radius 3 is 2.30 bits per heavy atom. The van der Waals surface area contributed by atoms with E-state index in [1.165, 1.54) is 0 Å². The van der Waals surface area contributed by atoms with E-state index in [9.17, 15) is 14.4 Å². The zero-order chi connectivity index (χ0) is 21.5. The number of anilines is 2. The van der Waals surface area contributed by atoms with Gasteiger partial charge in [-0.2, -0.15) is 0 Å². The van der Waals surface area contributed by atoms with Gasteiger partial charge < -0.3 is 25.0 Å². The number of nitrogens with one attached hydrogen (secondary N) is 2. The van der Waals surface area contributed by atoms with Crippen LogP contribution >= 0.6 is 0 Å². The lowest BCUT2D eigenvalue weighted by atomic mass is 10.1. The van der Waals surface area contributed by atoms with E-state index in [1.54, 1.807) is 60.5 Å². The van der Waals surface area contributed by atoms with Gasteiger partial charge in [-0.25, -0.2) is 0 Å². The van der Waals surface area contributed by atoms with E-state index in [0.29, 0.717) is 30.3 Å². The number of benzene rings is 2. The Bertz CT molecular complexity index is 896. The molecule has 0 aliphatic carbocycles. The smallest absolute Gasteiger partial charge is 0.262 e. The average Bonchev–Trinajstić information content (AvgIpc) is 3.15. The summed E-state index contributed by atoms with van der Waals surface area (Å²) in [4.78, 5) is 37.6. The first kappa shape index (κ1) is 21.2. The molecule has 1 atom stereocenters. The minimum absolute atomic E-state index is 0.0907. The molecule has 1 aliphatic rings. The first-order valence-electron chi connectivity index (χ1n) is 9.77. The fraction of sp³-hybridized carbons (Fsp3) is 0.318. The van der Waals surface area contributed by atoms with Gasteiger partial charge in [0, 0.05) is 31.4 Å². The SMILES string of the molecule is CCOc1ccc(NC(=O)COc2ccc(N3C[C@@H](C(=O)NC)CC3=O)cc2)cc1. The normalized spacial score (nSPS) is 15.6. The molecule has 2 N–H and O–H groups in total. The van der Waals surface area contributed by atoms with Gasteiger partial charge in [-0.15, -0.1) is 0 Å². The number of amides is 3. The van der Waals surface area contributed by atoms with Crippen molar-refractivity contribution in [2.24, 2.45) is 5.92 Å². The maximum atomic E-state index is 12.2. The van der Waals surface area contributed by atoms with E-state index in [-0.39, 0.29) is 36.7 Å². The summed E-state index contributed by atoms with van der Waals surface area (Å²) in [5.74, 6) is 0.396. The number of nitrogens with zero attached hydrogens (tertiary/aromatic N) is 1. The Labute approximate surface area is 175 Å². The van der Waals surface area contributed by atoms with Crippen LogP contribution in [0, 0.1) is 5.92 Å². The van der Waals surface area contributed by atoms with E-state index in [0.717, 1.165) is 5.75 Å². The molecule has 2 aromatic rings. The van der Waals surface area contributed by atoms with E-state index in [2.05, 4.69) is 10.6 Å². The molecule has 8 nitrogen and oxygen atoms in total.